The number of hydrogen-bond donors (Lipinski definition) is 5. The summed E-state index contributed by atoms with van der Waals surface area (Å²) in [5.41, 5.74) is 13.5. The number of benzene rings is 1. The SMILES string of the molecule is CSc1[nH]c(NC(=O)CNc2cccc(C)c2C)c(C(N)=O)c1C(N)=O. The summed E-state index contributed by atoms with van der Waals surface area (Å²) in [6.07, 6.45) is 1.71. The fourth-order valence-corrected chi connectivity index (χ4v) is 3.12. The molecule has 0 saturated carbocycles. The number of rotatable bonds is 7. The van der Waals surface area contributed by atoms with Gasteiger partial charge in [-0.1, -0.05) is 12.1 Å². The molecule has 0 bridgehead atoms. The van der Waals surface area contributed by atoms with Crippen molar-refractivity contribution in [2.45, 2.75) is 18.9 Å². The lowest BCUT2D eigenvalue weighted by Crippen LogP contribution is -2.25. The Morgan fingerprint density at radius 1 is 1.12 bits per heavy atom. The van der Waals surface area contributed by atoms with Crippen molar-refractivity contribution in [1.82, 2.24) is 4.98 Å². The molecule has 26 heavy (non-hydrogen) atoms. The fourth-order valence-electron chi connectivity index (χ4n) is 2.51. The number of primary amides is 2. The molecule has 0 unspecified atom stereocenters. The zero-order chi connectivity index (χ0) is 19.4. The van der Waals surface area contributed by atoms with E-state index in [1.165, 1.54) is 11.8 Å². The smallest absolute Gasteiger partial charge is 0.253 e. The van der Waals surface area contributed by atoms with Crippen LogP contribution in [-0.2, 0) is 4.79 Å². The van der Waals surface area contributed by atoms with Gasteiger partial charge in [0.25, 0.3) is 11.8 Å². The molecule has 138 valence electrons. The van der Waals surface area contributed by atoms with Crippen molar-refractivity contribution in [3.63, 3.8) is 0 Å². The Hall–Kier alpha value is -2.94. The first kappa shape index (κ1) is 19.4. The lowest BCUT2D eigenvalue weighted by atomic mass is 10.1. The maximum atomic E-state index is 12.3. The first-order chi connectivity index (χ1) is 12.3. The van der Waals surface area contributed by atoms with Crippen LogP contribution in [-0.4, -0.2) is 35.5 Å². The van der Waals surface area contributed by atoms with Crippen molar-refractivity contribution >= 4 is 41.0 Å². The van der Waals surface area contributed by atoms with Crippen LogP contribution >= 0.6 is 11.8 Å². The van der Waals surface area contributed by atoms with E-state index in [0.717, 1.165) is 16.8 Å². The van der Waals surface area contributed by atoms with Crippen LogP contribution in [0.2, 0.25) is 0 Å². The molecule has 0 saturated heterocycles. The number of nitrogens with two attached hydrogens (primary N) is 2. The van der Waals surface area contributed by atoms with Gasteiger partial charge in [-0.25, -0.2) is 0 Å². The van der Waals surface area contributed by atoms with E-state index >= 15 is 0 Å². The minimum Gasteiger partial charge on any atom is -0.376 e. The van der Waals surface area contributed by atoms with Gasteiger partial charge in [0.2, 0.25) is 5.91 Å². The zero-order valence-corrected chi connectivity index (χ0v) is 15.5. The number of nitrogens with one attached hydrogen (secondary N) is 3. The van der Waals surface area contributed by atoms with Gasteiger partial charge in [0.05, 0.1) is 22.7 Å². The summed E-state index contributed by atoms with van der Waals surface area (Å²) in [6.45, 7) is 3.91. The quantitative estimate of drug-likeness (QED) is 0.467. The Bertz CT molecular complexity index is 876. The number of aryl methyl sites for hydroxylation is 1. The zero-order valence-electron chi connectivity index (χ0n) is 14.7. The first-order valence-corrected chi connectivity index (χ1v) is 8.98. The summed E-state index contributed by atoms with van der Waals surface area (Å²) in [5.74, 6) is -2.00. The Kier molecular flexibility index (Phi) is 5.93. The summed E-state index contributed by atoms with van der Waals surface area (Å²) < 4.78 is 0. The van der Waals surface area contributed by atoms with Gasteiger partial charge >= 0.3 is 0 Å². The van der Waals surface area contributed by atoms with Crippen molar-refractivity contribution in [2.24, 2.45) is 11.5 Å². The monoisotopic (exact) mass is 375 g/mol. The summed E-state index contributed by atoms with van der Waals surface area (Å²) in [6, 6.07) is 5.74. The third-order valence-electron chi connectivity index (χ3n) is 3.97. The molecule has 7 N–H and O–H groups in total. The third kappa shape index (κ3) is 3.99. The van der Waals surface area contributed by atoms with Crippen LogP contribution in [0.4, 0.5) is 11.5 Å². The number of amides is 3. The number of carbonyl (C=O) groups excluding carboxylic acids is 3. The number of H-pyrrole nitrogens is 1. The number of carbonyl (C=O) groups is 3. The van der Waals surface area contributed by atoms with Crippen LogP contribution in [0.15, 0.2) is 23.2 Å². The number of hydrogen-bond acceptors (Lipinski definition) is 5. The van der Waals surface area contributed by atoms with Crippen LogP contribution in [0.1, 0.15) is 31.8 Å². The summed E-state index contributed by atoms with van der Waals surface area (Å²) in [7, 11) is 0. The highest BCUT2D eigenvalue weighted by Crippen LogP contribution is 2.29. The second-order valence-electron chi connectivity index (χ2n) is 5.66. The fraction of sp³-hybridized carbons (Fsp3) is 0.235. The minimum absolute atomic E-state index is 0.0252. The van der Waals surface area contributed by atoms with Crippen molar-refractivity contribution in [2.75, 3.05) is 23.4 Å². The molecule has 0 atom stereocenters. The van der Waals surface area contributed by atoms with Gasteiger partial charge in [0.1, 0.15) is 5.82 Å². The van der Waals surface area contributed by atoms with E-state index in [1.54, 1.807) is 6.26 Å². The molecular weight excluding hydrogens is 354 g/mol. The maximum absolute atomic E-state index is 12.3. The molecule has 0 aliphatic heterocycles. The standard InChI is InChI=1S/C17H21N5O3S/c1-8-5-4-6-10(9(8)2)20-7-11(23)21-16-12(14(18)24)13(15(19)25)17(22-16)26-3/h4-6,20,22H,7H2,1-3H3,(H2,18,24)(H2,19,25)(H,21,23). The van der Waals surface area contributed by atoms with E-state index in [2.05, 4.69) is 15.6 Å². The van der Waals surface area contributed by atoms with Gasteiger partial charge in [-0.2, -0.15) is 0 Å². The van der Waals surface area contributed by atoms with E-state index in [4.69, 9.17) is 11.5 Å². The molecule has 0 fully saturated rings. The predicted octanol–water partition coefficient (Wildman–Crippen LogP) is 1.60. The largest absolute Gasteiger partial charge is 0.376 e. The molecule has 0 aliphatic rings. The minimum atomic E-state index is -0.854. The Balaban J connectivity index is 2.20. The van der Waals surface area contributed by atoms with Crippen LogP contribution < -0.4 is 22.1 Å². The molecule has 0 aliphatic carbocycles. The lowest BCUT2D eigenvalue weighted by Gasteiger charge is -2.11. The highest BCUT2D eigenvalue weighted by molar-refractivity contribution is 7.98. The molecule has 9 heteroatoms. The molecular formula is C17H21N5O3S. The van der Waals surface area contributed by atoms with E-state index in [9.17, 15) is 14.4 Å². The van der Waals surface area contributed by atoms with Gasteiger partial charge in [-0.15, -0.1) is 11.8 Å². The maximum Gasteiger partial charge on any atom is 0.253 e. The van der Waals surface area contributed by atoms with Gasteiger partial charge in [-0.05, 0) is 37.3 Å². The van der Waals surface area contributed by atoms with Crippen molar-refractivity contribution in [1.29, 1.82) is 0 Å². The van der Waals surface area contributed by atoms with E-state index in [1.807, 2.05) is 32.0 Å². The summed E-state index contributed by atoms with van der Waals surface area (Å²) in [5, 5.41) is 5.97. The Morgan fingerprint density at radius 3 is 2.35 bits per heavy atom. The molecule has 0 radical (unpaired) electrons. The van der Waals surface area contributed by atoms with Gasteiger partial charge in [0.15, 0.2) is 0 Å². The van der Waals surface area contributed by atoms with Gasteiger partial charge < -0.3 is 27.1 Å². The summed E-state index contributed by atoms with van der Waals surface area (Å²) >= 11 is 1.19. The number of aromatic nitrogens is 1. The molecule has 1 aromatic carbocycles. The second kappa shape index (κ2) is 7.96. The summed E-state index contributed by atoms with van der Waals surface area (Å²) in [4.78, 5) is 38.5. The first-order valence-electron chi connectivity index (χ1n) is 7.75. The van der Waals surface area contributed by atoms with Crippen molar-refractivity contribution in [3.05, 3.63) is 40.5 Å². The Morgan fingerprint density at radius 2 is 1.77 bits per heavy atom. The molecule has 2 rings (SSSR count). The van der Waals surface area contributed by atoms with Gasteiger partial charge in [0, 0.05) is 5.69 Å². The van der Waals surface area contributed by atoms with Crippen molar-refractivity contribution < 1.29 is 14.4 Å². The van der Waals surface area contributed by atoms with Crippen LogP contribution in [0.25, 0.3) is 0 Å². The highest BCUT2D eigenvalue weighted by atomic mass is 32.2. The number of aromatic amines is 1. The van der Waals surface area contributed by atoms with E-state index in [0.29, 0.717) is 5.03 Å². The number of anilines is 2. The van der Waals surface area contributed by atoms with Crippen molar-refractivity contribution in [3.8, 4) is 0 Å². The topological polar surface area (TPSA) is 143 Å². The van der Waals surface area contributed by atoms with Crippen LogP contribution in [0, 0.1) is 13.8 Å². The van der Waals surface area contributed by atoms with Gasteiger partial charge in [-0.3, -0.25) is 14.4 Å². The molecule has 8 nitrogen and oxygen atoms in total. The molecule has 2 aromatic rings. The molecule has 0 spiro atoms. The molecule has 3 amide bonds. The van der Waals surface area contributed by atoms with E-state index in [-0.39, 0.29) is 23.5 Å². The highest BCUT2D eigenvalue weighted by Gasteiger charge is 2.25. The molecule has 1 aromatic heterocycles. The number of thioether (sulfide) groups is 1. The predicted molar refractivity (Wildman–Crippen MR) is 103 cm³/mol. The Labute approximate surface area is 155 Å². The van der Waals surface area contributed by atoms with Crippen LogP contribution in [0.5, 0.6) is 0 Å². The normalized spacial score (nSPS) is 10.4. The lowest BCUT2D eigenvalue weighted by molar-refractivity contribution is -0.114. The average molecular weight is 375 g/mol. The third-order valence-corrected chi connectivity index (χ3v) is 4.69. The molecule has 1 heterocycles. The average Bonchev–Trinajstić information content (AvgIpc) is 2.95. The van der Waals surface area contributed by atoms with E-state index < -0.39 is 17.7 Å². The van der Waals surface area contributed by atoms with Crippen LogP contribution in [0.3, 0.4) is 0 Å². The second-order valence-corrected chi connectivity index (χ2v) is 6.48.